The van der Waals surface area contributed by atoms with Crippen molar-refractivity contribution in [3.63, 3.8) is 0 Å². The third-order valence-corrected chi connectivity index (χ3v) is 5.66. The van der Waals surface area contributed by atoms with E-state index >= 15 is 0 Å². The molecule has 29 heavy (non-hydrogen) atoms. The number of carbonyl (C=O) groups excluding carboxylic acids is 1. The van der Waals surface area contributed by atoms with Gasteiger partial charge in [0.2, 0.25) is 11.8 Å². The first kappa shape index (κ1) is 19.1. The molecule has 0 bridgehead atoms. The van der Waals surface area contributed by atoms with Crippen LogP contribution >= 0.6 is 0 Å². The van der Waals surface area contributed by atoms with Gasteiger partial charge in [0.15, 0.2) is 0 Å². The molecule has 2 aromatic heterocycles. The van der Waals surface area contributed by atoms with Crippen LogP contribution in [0.15, 0.2) is 54.7 Å². The molecular formula is C24H25N3O2. The number of ether oxygens (including phenoxy) is 1. The number of rotatable bonds is 6. The van der Waals surface area contributed by atoms with Crippen LogP contribution in [0.5, 0.6) is 5.88 Å². The second kappa shape index (κ2) is 7.66. The summed E-state index contributed by atoms with van der Waals surface area (Å²) in [7, 11) is 1.59. The van der Waals surface area contributed by atoms with Crippen molar-refractivity contribution in [1.29, 1.82) is 0 Å². The van der Waals surface area contributed by atoms with Crippen LogP contribution < -0.4 is 10.1 Å². The molecule has 1 aliphatic carbocycles. The van der Waals surface area contributed by atoms with Gasteiger partial charge in [-0.2, -0.15) is 0 Å². The highest BCUT2D eigenvalue weighted by Crippen LogP contribution is 2.49. The molecule has 3 aromatic rings. The maximum atomic E-state index is 13.1. The van der Waals surface area contributed by atoms with Crippen LogP contribution in [0, 0.1) is 6.92 Å². The van der Waals surface area contributed by atoms with Crippen molar-refractivity contribution in [2.45, 2.75) is 38.5 Å². The third-order valence-electron chi connectivity index (χ3n) is 5.66. The average Bonchev–Trinajstić information content (AvgIpc) is 3.57. The van der Waals surface area contributed by atoms with Crippen LogP contribution in [0.2, 0.25) is 0 Å². The van der Waals surface area contributed by atoms with Gasteiger partial charge in [0.25, 0.3) is 0 Å². The van der Waals surface area contributed by atoms with E-state index in [0.717, 1.165) is 41.6 Å². The van der Waals surface area contributed by atoms with E-state index in [9.17, 15) is 4.79 Å². The number of amides is 1. The van der Waals surface area contributed by atoms with Crippen molar-refractivity contribution < 1.29 is 9.53 Å². The quantitative estimate of drug-likeness (QED) is 0.666. The number of hydrogen-bond donors (Lipinski definition) is 1. The van der Waals surface area contributed by atoms with Gasteiger partial charge in [-0.15, -0.1) is 0 Å². The Morgan fingerprint density at radius 3 is 2.55 bits per heavy atom. The highest BCUT2D eigenvalue weighted by atomic mass is 16.5. The Morgan fingerprint density at radius 2 is 1.90 bits per heavy atom. The maximum Gasteiger partial charge on any atom is 0.236 e. The average molecular weight is 387 g/mol. The molecule has 0 saturated heterocycles. The summed E-state index contributed by atoms with van der Waals surface area (Å²) in [5, 5.41) is 3.04. The van der Waals surface area contributed by atoms with Gasteiger partial charge >= 0.3 is 0 Å². The number of aromatic nitrogens is 2. The van der Waals surface area contributed by atoms with Gasteiger partial charge in [-0.25, -0.2) is 9.97 Å². The van der Waals surface area contributed by atoms with Crippen molar-refractivity contribution in [2.75, 3.05) is 12.4 Å². The molecular weight excluding hydrogens is 362 g/mol. The molecule has 0 aliphatic heterocycles. The molecule has 1 aromatic carbocycles. The molecule has 1 amide bonds. The Balaban J connectivity index is 1.58. The summed E-state index contributed by atoms with van der Waals surface area (Å²) >= 11 is 0. The van der Waals surface area contributed by atoms with Crippen LogP contribution in [-0.2, 0) is 16.6 Å². The zero-order valence-electron chi connectivity index (χ0n) is 17.0. The predicted molar refractivity (Wildman–Crippen MR) is 114 cm³/mol. The van der Waals surface area contributed by atoms with Gasteiger partial charge in [0, 0.05) is 17.8 Å². The van der Waals surface area contributed by atoms with Crippen molar-refractivity contribution in [3.05, 3.63) is 71.4 Å². The standard InChI is InChI=1S/C24H25N3O2/c1-4-17-6-8-19(9-7-17)24(12-13-24)23(28)27-20-10-5-16(2)22(26-20)18-11-14-25-21(15-18)29-3/h5-11,14-15H,4,12-13H2,1-3H3,(H,26,27,28). The van der Waals surface area contributed by atoms with Crippen LogP contribution in [0.1, 0.15) is 36.5 Å². The molecule has 2 heterocycles. The van der Waals surface area contributed by atoms with Crippen LogP contribution in [0.25, 0.3) is 11.3 Å². The summed E-state index contributed by atoms with van der Waals surface area (Å²) in [4.78, 5) is 22.0. The number of nitrogens with zero attached hydrogens (tertiary/aromatic N) is 2. The van der Waals surface area contributed by atoms with Gasteiger partial charge in [-0.1, -0.05) is 37.3 Å². The lowest BCUT2D eigenvalue weighted by atomic mass is 9.93. The van der Waals surface area contributed by atoms with Gasteiger partial charge in [0.1, 0.15) is 5.82 Å². The summed E-state index contributed by atoms with van der Waals surface area (Å²) in [6.07, 6.45) is 4.42. The summed E-state index contributed by atoms with van der Waals surface area (Å²) in [5.74, 6) is 1.10. The van der Waals surface area contributed by atoms with E-state index in [4.69, 9.17) is 9.72 Å². The fourth-order valence-corrected chi connectivity index (χ4v) is 3.63. The number of pyridine rings is 2. The second-order valence-electron chi connectivity index (χ2n) is 7.54. The van der Waals surface area contributed by atoms with E-state index < -0.39 is 5.41 Å². The van der Waals surface area contributed by atoms with Crippen molar-refractivity contribution >= 4 is 11.7 Å². The normalized spacial score (nSPS) is 14.3. The monoisotopic (exact) mass is 387 g/mol. The highest BCUT2D eigenvalue weighted by molar-refractivity contribution is 6.01. The van der Waals surface area contributed by atoms with E-state index in [1.807, 2.05) is 31.2 Å². The number of hydrogen-bond acceptors (Lipinski definition) is 4. The van der Waals surface area contributed by atoms with Crippen LogP contribution in [-0.4, -0.2) is 23.0 Å². The first-order valence-corrected chi connectivity index (χ1v) is 9.94. The minimum atomic E-state index is -0.432. The van der Waals surface area contributed by atoms with Crippen LogP contribution in [0.3, 0.4) is 0 Å². The van der Waals surface area contributed by atoms with Gasteiger partial charge in [0.05, 0.1) is 18.2 Å². The smallest absolute Gasteiger partial charge is 0.236 e. The Bertz CT molecular complexity index is 1040. The molecule has 4 rings (SSSR count). The van der Waals surface area contributed by atoms with Gasteiger partial charge in [-0.3, -0.25) is 4.79 Å². The minimum Gasteiger partial charge on any atom is -0.481 e. The summed E-state index contributed by atoms with van der Waals surface area (Å²) < 4.78 is 5.22. The van der Waals surface area contributed by atoms with Gasteiger partial charge in [-0.05, 0) is 55.0 Å². The molecule has 0 unspecified atom stereocenters. The molecule has 5 nitrogen and oxygen atoms in total. The van der Waals surface area contributed by atoms with Crippen molar-refractivity contribution in [2.24, 2.45) is 0 Å². The second-order valence-corrected chi connectivity index (χ2v) is 7.54. The van der Waals surface area contributed by atoms with E-state index in [1.165, 1.54) is 5.56 Å². The fraction of sp³-hybridized carbons (Fsp3) is 0.292. The first-order chi connectivity index (χ1) is 14.1. The molecule has 148 valence electrons. The van der Waals surface area contributed by atoms with Gasteiger partial charge < -0.3 is 10.1 Å². The lowest BCUT2D eigenvalue weighted by Crippen LogP contribution is -2.28. The Labute approximate surface area is 171 Å². The number of anilines is 1. The molecule has 5 heteroatoms. The molecule has 1 aliphatic rings. The molecule has 1 N–H and O–H groups in total. The number of methoxy groups -OCH3 is 1. The molecule has 0 radical (unpaired) electrons. The zero-order chi connectivity index (χ0) is 20.4. The number of benzene rings is 1. The Hall–Kier alpha value is -3.21. The molecule has 1 fully saturated rings. The van der Waals surface area contributed by atoms with Crippen molar-refractivity contribution in [1.82, 2.24) is 9.97 Å². The third kappa shape index (κ3) is 3.73. The first-order valence-electron chi connectivity index (χ1n) is 9.94. The van der Waals surface area contributed by atoms with Crippen LogP contribution in [0.4, 0.5) is 5.82 Å². The molecule has 0 spiro atoms. The lowest BCUT2D eigenvalue weighted by Gasteiger charge is -2.17. The van der Waals surface area contributed by atoms with E-state index in [-0.39, 0.29) is 5.91 Å². The maximum absolute atomic E-state index is 13.1. The minimum absolute atomic E-state index is 0.0105. The SMILES string of the molecule is CCc1ccc(C2(C(=O)Nc3ccc(C)c(-c4ccnc(OC)c4)n3)CC2)cc1. The summed E-state index contributed by atoms with van der Waals surface area (Å²) in [6, 6.07) is 16.0. The van der Waals surface area contributed by atoms with Crippen molar-refractivity contribution in [3.8, 4) is 17.1 Å². The molecule has 1 saturated carbocycles. The molecule has 0 atom stereocenters. The van der Waals surface area contributed by atoms with E-state index in [1.54, 1.807) is 13.3 Å². The largest absolute Gasteiger partial charge is 0.481 e. The fourth-order valence-electron chi connectivity index (χ4n) is 3.63. The lowest BCUT2D eigenvalue weighted by molar-refractivity contribution is -0.118. The number of nitrogens with one attached hydrogen (secondary N) is 1. The van der Waals surface area contributed by atoms with E-state index in [2.05, 4.69) is 41.5 Å². The predicted octanol–water partition coefficient (Wildman–Crippen LogP) is 4.69. The van der Waals surface area contributed by atoms with E-state index in [0.29, 0.717) is 11.7 Å². The number of aryl methyl sites for hydroxylation is 2. The zero-order valence-corrected chi connectivity index (χ0v) is 17.0. The highest BCUT2D eigenvalue weighted by Gasteiger charge is 2.51. The number of carbonyl (C=O) groups is 1. The summed E-state index contributed by atoms with van der Waals surface area (Å²) in [6.45, 7) is 4.13. The summed E-state index contributed by atoms with van der Waals surface area (Å²) in [5.41, 5.74) is 4.66. The Morgan fingerprint density at radius 1 is 1.14 bits per heavy atom. The topological polar surface area (TPSA) is 64.1 Å². The Kier molecular flexibility index (Phi) is 5.05.